The fourth-order valence-electron chi connectivity index (χ4n) is 5.17. The molecule has 0 fully saturated rings. The Labute approximate surface area is 255 Å². The summed E-state index contributed by atoms with van der Waals surface area (Å²) in [7, 11) is 3.25. The quantitative estimate of drug-likeness (QED) is 0.176. The number of hydrogen-bond donors (Lipinski definition) is 0. The second kappa shape index (κ2) is 12.1. The Morgan fingerprint density at radius 1 is 0.932 bits per heavy atom. The van der Waals surface area contributed by atoms with Gasteiger partial charge in [-0.05, 0) is 89.7 Å². The highest BCUT2D eigenvalue weighted by Gasteiger charge is 2.19. The zero-order valence-electron chi connectivity index (χ0n) is 25.3. The number of methoxy groups -OCH3 is 2. The average molecular weight is 592 g/mol. The van der Waals surface area contributed by atoms with Crippen molar-refractivity contribution in [1.82, 2.24) is 9.66 Å². The zero-order chi connectivity index (χ0) is 30.8. The molecule has 4 aromatic carbocycles. The maximum absolute atomic E-state index is 13.8. The molecule has 1 aromatic heterocycles. The van der Waals surface area contributed by atoms with Crippen LogP contribution in [0.1, 0.15) is 42.0 Å². The monoisotopic (exact) mass is 591 g/mol. The van der Waals surface area contributed by atoms with Crippen LogP contribution in [0.15, 0.2) is 82.7 Å². The minimum atomic E-state index is -0.265. The smallest absolute Gasteiger partial charge is 0.282 e. The lowest BCUT2D eigenvalue weighted by atomic mass is 9.96. The van der Waals surface area contributed by atoms with Crippen molar-refractivity contribution in [2.24, 2.45) is 5.10 Å². The Kier molecular flexibility index (Phi) is 7.93. The standard InChI is InChI=1S/C35H33N3O6/c1-21(2)26-17-27(22(3)14-31(26)40-4)34-37-28-9-7-6-8-25(28)35(39)38(34)36-18-23-10-12-29(32(15-23)41-5)42-19-24-11-13-30-33(16-24)44-20-43-30/h6-18,21H,19-20H2,1-5H3. The largest absolute Gasteiger partial charge is 0.496 e. The van der Waals surface area contributed by atoms with Crippen LogP contribution >= 0.6 is 0 Å². The predicted molar refractivity (Wildman–Crippen MR) is 170 cm³/mol. The first-order valence-electron chi connectivity index (χ1n) is 14.3. The van der Waals surface area contributed by atoms with Crippen LogP contribution < -0.4 is 29.2 Å². The molecule has 0 aliphatic carbocycles. The van der Waals surface area contributed by atoms with Gasteiger partial charge >= 0.3 is 0 Å². The van der Waals surface area contributed by atoms with Crippen molar-refractivity contribution in [3.8, 4) is 40.1 Å². The first kappa shape index (κ1) is 28.8. The van der Waals surface area contributed by atoms with Crippen molar-refractivity contribution in [3.05, 3.63) is 105 Å². The highest BCUT2D eigenvalue weighted by molar-refractivity contribution is 5.83. The molecule has 5 aromatic rings. The van der Waals surface area contributed by atoms with Gasteiger partial charge in [-0.3, -0.25) is 4.79 Å². The van der Waals surface area contributed by atoms with Crippen molar-refractivity contribution >= 4 is 17.1 Å². The summed E-state index contributed by atoms with van der Waals surface area (Å²) in [5.41, 5.74) is 4.74. The van der Waals surface area contributed by atoms with E-state index in [1.54, 1.807) is 26.5 Å². The molecule has 0 amide bonds. The Morgan fingerprint density at radius 2 is 1.73 bits per heavy atom. The van der Waals surface area contributed by atoms with Gasteiger partial charge in [0, 0.05) is 5.56 Å². The van der Waals surface area contributed by atoms with Gasteiger partial charge in [0.15, 0.2) is 28.8 Å². The minimum Gasteiger partial charge on any atom is -0.496 e. The molecule has 1 aliphatic heterocycles. The molecule has 0 atom stereocenters. The fourth-order valence-corrected chi connectivity index (χ4v) is 5.17. The van der Waals surface area contributed by atoms with Gasteiger partial charge in [0.25, 0.3) is 5.56 Å². The van der Waals surface area contributed by atoms with Gasteiger partial charge in [0.2, 0.25) is 6.79 Å². The Bertz CT molecular complexity index is 1950. The van der Waals surface area contributed by atoms with Gasteiger partial charge in [-0.15, -0.1) is 0 Å². The third-order valence-electron chi connectivity index (χ3n) is 7.53. The highest BCUT2D eigenvalue weighted by atomic mass is 16.7. The van der Waals surface area contributed by atoms with Crippen LogP contribution in [-0.4, -0.2) is 36.9 Å². The lowest BCUT2D eigenvalue weighted by Gasteiger charge is -2.17. The molecule has 0 saturated carbocycles. The number of nitrogens with zero attached hydrogens (tertiary/aromatic N) is 3. The molecule has 0 radical (unpaired) electrons. The number of aryl methyl sites for hydroxylation is 1. The summed E-state index contributed by atoms with van der Waals surface area (Å²) >= 11 is 0. The van der Waals surface area contributed by atoms with Crippen LogP contribution in [0.5, 0.6) is 28.7 Å². The Hall–Kier alpha value is -5.31. The van der Waals surface area contributed by atoms with E-state index in [4.69, 9.17) is 28.7 Å². The summed E-state index contributed by atoms with van der Waals surface area (Å²) in [6.45, 7) is 6.72. The van der Waals surface area contributed by atoms with E-state index in [2.05, 4.69) is 18.9 Å². The first-order valence-corrected chi connectivity index (χ1v) is 14.3. The van der Waals surface area contributed by atoms with E-state index >= 15 is 0 Å². The summed E-state index contributed by atoms with van der Waals surface area (Å²) in [6, 6.07) is 22.5. The Balaban J connectivity index is 1.35. The number of rotatable bonds is 9. The van der Waals surface area contributed by atoms with E-state index in [1.165, 1.54) is 4.68 Å². The van der Waals surface area contributed by atoms with Gasteiger partial charge in [-0.1, -0.05) is 32.0 Å². The molecule has 0 saturated heterocycles. The van der Waals surface area contributed by atoms with E-state index < -0.39 is 0 Å². The van der Waals surface area contributed by atoms with Crippen molar-refractivity contribution < 1.29 is 23.7 Å². The number of benzene rings is 4. The summed E-state index contributed by atoms with van der Waals surface area (Å²) in [4.78, 5) is 18.7. The molecule has 6 rings (SSSR count). The normalized spacial score (nSPS) is 12.3. The van der Waals surface area contributed by atoms with Crippen LogP contribution in [0.3, 0.4) is 0 Å². The summed E-state index contributed by atoms with van der Waals surface area (Å²) in [5, 5.41) is 5.14. The summed E-state index contributed by atoms with van der Waals surface area (Å²) in [5.74, 6) is 3.98. The van der Waals surface area contributed by atoms with Gasteiger partial charge < -0.3 is 23.7 Å². The van der Waals surface area contributed by atoms with Crippen molar-refractivity contribution in [1.29, 1.82) is 0 Å². The van der Waals surface area contributed by atoms with Crippen LogP contribution in [0.25, 0.3) is 22.3 Å². The maximum Gasteiger partial charge on any atom is 0.282 e. The van der Waals surface area contributed by atoms with Crippen molar-refractivity contribution in [3.63, 3.8) is 0 Å². The van der Waals surface area contributed by atoms with Crippen LogP contribution in [0.4, 0.5) is 0 Å². The summed E-state index contributed by atoms with van der Waals surface area (Å²) in [6.07, 6.45) is 1.62. The molecule has 2 heterocycles. The lowest BCUT2D eigenvalue weighted by molar-refractivity contribution is 0.174. The van der Waals surface area contributed by atoms with E-state index in [0.717, 1.165) is 39.3 Å². The van der Waals surface area contributed by atoms with Crippen LogP contribution in [-0.2, 0) is 6.61 Å². The van der Waals surface area contributed by atoms with Gasteiger partial charge in [0.1, 0.15) is 12.4 Å². The SMILES string of the molecule is COc1cc(C=Nn2c(-c3cc(C(C)C)c(OC)cc3C)nc3ccccc3c2=O)ccc1OCc1ccc2c(c1)OCO2. The average Bonchev–Trinajstić information content (AvgIpc) is 3.51. The van der Waals surface area contributed by atoms with Gasteiger partial charge in [-0.25, -0.2) is 4.98 Å². The molecule has 224 valence electrons. The fraction of sp³-hybridized carbons (Fsp3) is 0.229. The third kappa shape index (κ3) is 5.56. The van der Waals surface area contributed by atoms with E-state index in [9.17, 15) is 4.79 Å². The molecular weight excluding hydrogens is 558 g/mol. The van der Waals surface area contributed by atoms with Gasteiger partial charge in [-0.2, -0.15) is 9.78 Å². The van der Waals surface area contributed by atoms with E-state index in [0.29, 0.717) is 40.6 Å². The zero-order valence-corrected chi connectivity index (χ0v) is 25.3. The van der Waals surface area contributed by atoms with E-state index in [1.807, 2.05) is 73.7 Å². The van der Waals surface area contributed by atoms with E-state index in [-0.39, 0.29) is 18.3 Å². The second-order valence-corrected chi connectivity index (χ2v) is 10.8. The minimum absolute atomic E-state index is 0.201. The lowest BCUT2D eigenvalue weighted by Crippen LogP contribution is -2.20. The third-order valence-corrected chi connectivity index (χ3v) is 7.53. The van der Waals surface area contributed by atoms with Crippen molar-refractivity contribution in [2.45, 2.75) is 33.3 Å². The second-order valence-electron chi connectivity index (χ2n) is 10.8. The van der Waals surface area contributed by atoms with Gasteiger partial charge in [0.05, 0.1) is 31.3 Å². The first-order chi connectivity index (χ1) is 21.4. The number of fused-ring (bicyclic) bond motifs is 2. The topological polar surface area (TPSA) is 93.4 Å². The summed E-state index contributed by atoms with van der Waals surface area (Å²) < 4.78 is 29.5. The molecule has 0 spiro atoms. The molecular formula is C35H33N3O6. The predicted octanol–water partition coefficient (Wildman–Crippen LogP) is 6.70. The maximum atomic E-state index is 13.8. The molecule has 44 heavy (non-hydrogen) atoms. The molecule has 1 aliphatic rings. The van der Waals surface area contributed by atoms with Crippen LogP contribution in [0.2, 0.25) is 0 Å². The molecule has 9 heteroatoms. The van der Waals surface area contributed by atoms with Crippen LogP contribution in [0, 0.1) is 6.92 Å². The highest BCUT2D eigenvalue weighted by Crippen LogP contribution is 2.35. The number of hydrogen-bond acceptors (Lipinski definition) is 8. The number of para-hydroxylation sites is 1. The molecule has 0 bridgehead atoms. The molecule has 9 nitrogen and oxygen atoms in total. The Morgan fingerprint density at radius 3 is 2.52 bits per heavy atom. The molecule has 0 unspecified atom stereocenters. The number of ether oxygens (including phenoxy) is 5. The number of aromatic nitrogens is 2. The van der Waals surface area contributed by atoms with Crippen molar-refractivity contribution in [2.75, 3.05) is 21.0 Å². The molecule has 0 N–H and O–H groups in total.